The van der Waals surface area contributed by atoms with E-state index in [0.717, 1.165) is 22.6 Å². The summed E-state index contributed by atoms with van der Waals surface area (Å²) in [5.41, 5.74) is 9.44. The number of rotatable bonds is 10. The van der Waals surface area contributed by atoms with Crippen LogP contribution in [0.15, 0.2) is 84.9 Å². The van der Waals surface area contributed by atoms with Gasteiger partial charge in [-0.3, -0.25) is 0 Å². The first kappa shape index (κ1) is 30.8. The zero-order chi connectivity index (χ0) is 29.5. The molecule has 0 radical (unpaired) electrons. The summed E-state index contributed by atoms with van der Waals surface area (Å²) in [4.78, 5) is 0. The van der Waals surface area contributed by atoms with Crippen LogP contribution in [-0.2, 0) is 0 Å². The maximum absolute atomic E-state index is 6.86. The highest BCUT2D eigenvalue weighted by Gasteiger charge is 2.22. The van der Waals surface area contributed by atoms with Crippen LogP contribution in [0.25, 0.3) is 12.2 Å². The maximum Gasteiger partial charge on any atom is 0.120 e. The molecule has 0 bridgehead atoms. The summed E-state index contributed by atoms with van der Waals surface area (Å²) in [5.74, 6) is 1.45. The van der Waals surface area contributed by atoms with Gasteiger partial charge in [-0.25, -0.2) is 0 Å². The van der Waals surface area contributed by atoms with E-state index in [4.69, 9.17) is 32.7 Å². The predicted octanol–water partition coefficient (Wildman–Crippen LogP) is 11.2. The van der Waals surface area contributed by atoms with Crippen LogP contribution in [0.2, 0.25) is 10.0 Å². The Bertz CT molecular complexity index is 1460. The molecule has 4 aromatic rings. The second-order valence-corrected chi connectivity index (χ2v) is 12.2. The van der Waals surface area contributed by atoms with Crippen molar-refractivity contribution in [1.29, 1.82) is 0 Å². The highest BCUT2D eigenvalue weighted by Crippen LogP contribution is 2.47. The van der Waals surface area contributed by atoms with Crippen molar-refractivity contribution < 1.29 is 9.47 Å². The molecular weight excluding hydrogens is 567 g/mol. The third kappa shape index (κ3) is 7.60. The zero-order valence-electron chi connectivity index (χ0n) is 24.4. The number of methoxy groups -OCH3 is 2. The SMILES string of the molecule is COc1ccc(C(C=Cc2cccc(C)c2C)SC(C=Cc2cccc(C)c2C)c2ccc(OC)cc2Cl)c(Cl)c1. The van der Waals surface area contributed by atoms with Gasteiger partial charge in [-0.2, -0.15) is 0 Å². The van der Waals surface area contributed by atoms with Gasteiger partial charge in [-0.05, 0) is 96.5 Å². The van der Waals surface area contributed by atoms with Gasteiger partial charge < -0.3 is 9.47 Å². The molecule has 2 unspecified atom stereocenters. The predicted molar refractivity (Wildman–Crippen MR) is 179 cm³/mol. The lowest BCUT2D eigenvalue weighted by atomic mass is 10.0. The van der Waals surface area contributed by atoms with Crippen molar-refractivity contribution in [3.05, 3.63) is 140 Å². The molecule has 0 heterocycles. The van der Waals surface area contributed by atoms with Gasteiger partial charge in [0.15, 0.2) is 0 Å². The summed E-state index contributed by atoms with van der Waals surface area (Å²) in [6, 6.07) is 24.5. The van der Waals surface area contributed by atoms with Crippen LogP contribution >= 0.6 is 35.0 Å². The van der Waals surface area contributed by atoms with E-state index in [0.29, 0.717) is 10.0 Å². The fourth-order valence-corrected chi connectivity index (χ4v) is 6.69. The van der Waals surface area contributed by atoms with E-state index in [1.807, 2.05) is 36.4 Å². The molecule has 2 nitrogen and oxygen atoms in total. The molecule has 2 atom stereocenters. The first-order valence-electron chi connectivity index (χ1n) is 13.5. The van der Waals surface area contributed by atoms with E-state index in [2.05, 4.69) is 88.4 Å². The molecule has 0 fully saturated rings. The summed E-state index contributed by atoms with van der Waals surface area (Å²) < 4.78 is 10.9. The third-order valence-electron chi connectivity index (χ3n) is 7.52. The molecule has 212 valence electrons. The minimum absolute atomic E-state index is 0.0697. The average molecular weight is 604 g/mol. The minimum atomic E-state index is -0.0697. The van der Waals surface area contributed by atoms with E-state index >= 15 is 0 Å². The summed E-state index contributed by atoms with van der Waals surface area (Å²) in [7, 11) is 3.30. The minimum Gasteiger partial charge on any atom is -0.497 e. The largest absolute Gasteiger partial charge is 0.497 e. The number of thioether (sulfide) groups is 1. The number of aryl methyl sites for hydroxylation is 2. The highest BCUT2D eigenvalue weighted by molar-refractivity contribution is 8.00. The summed E-state index contributed by atoms with van der Waals surface area (Å²) >= 11 is 15.5. The van der Waals surface area contributed by atoms with Crippen LogP contribution < -0.4 is 9.47 Å². The number of hydrogen-bond acceptors (Lipinski definition) is 3. The van der Waals surface area contributed by atoms with E-state index < -0.39 is 0 Å². The lowest BCUT2D eigenvalue weighted by Crippen LogP contribution is -2.00. The van der Waals surface area contributed by atoms with E-state index in [9.17, 15) is 0 Å². The fraction of sp³-hybridized carbons (Fsp3) is 0.222. The standard InChI is InChI=1S/C36H36Cl2O2S/c1-23-9-7-11-27(25(23)3)13-19-35(31-17-15-29(39-5)21-33(31)37)41-36(32-18-16-30(40-6)22-34(32)38)20-14-28-12-8-10-24(2)26(28)4/h7-22,35-36H,1-6H3. The average Bonchev–Trinajstić information content (AvgIpc) is 2.97. The molecular formula is C36H36Cl2O2S. The van der Waals surface area contributed by atoms with Crippen LogP contribution in [-0.4, -0.2) is 14.2 Å². The lowest BCUT2D eigenvalue weighted by Gasteiger charge is -2.22. The summed E-state index contributed by atoms with van der Waals surface area (Å²) in [6.07, 6.45) is 8.86. The number of benzene rings is 4. The Hall–Kier alpha value is -3.11. The molecule has 4 aromatic carbocycles. The molecule has 0 spiro atoms. The van der Waals surface area contributed by atoms with Gasteiger partial charge in [0, 0.05) is 10.0 Å². The second-order valence-electron chi connectivity index (χ2n) is 10.0. The van der Waals surface area contributed by atoms with E-state index in [-0.39, 0.29) is 10.5 Å². The Morgan fingerprint density at radius 2 is 1.02 bits per heavy atom. The maximum atomic E-state index is 6.86. The Morgan fingerprint density at radius 1 is 0.610 bits per heavy atom. The Morgan fingerprint density at radius 3 is 1.39 bits per heavy atom. The monoisotopic (exact) mass is 602 g/mol. The third-order valence-corrected chi connectivity index (χ3v) is 9.58. The summed E-state index contributed by atoms with van der Waals surface area (Å²) in [6.45, 7) is 8.59. The van der Waals surface area contributed by atoms with Crippen molar-refractivity contribution in [2.24, 2.45) is 0 Å². The molecule has 5 heteroatoms. The van der Waals surface area contributed by atoms with Crippen molar-refractivity contribution >= 4 is 47.1 Å². The van der Waals surface area contributed by atoms with Crippen molar-refractivity contribution in [1.82, 2.24) is 0 Å². The molecule has 4 rings (SSSR count). The topological polar surface area (TPSA) is 18.5 Å². The van der Waals surface area contributed by atoms with Crippen LogP contribution in [0.1, 0.15) is 55.0 Å². The van der Waals surface area contributed by atoms with E-state index in [1.165, 1.54) is 33.4 Å². The molecule has 0 aliphatic heterocycles. The van der Waals surface area contributed by atoms with Crippen molar-refractivity contribution in [3.63, 3.8) is 0 Å². The molecule has 0 aliphatic carbocycles. The van der Waals surface area contributed by atoms with E-state index in [1.54, 1.807) is 26.0 Å². The molecule has 0 N–H and O–H groups in total. The van der Waals surface area contributed by atoms with Crippen molar-refractivity contribution in [2.45, 2.75) is 38.2 Å². The molecule has 0 amide bonds. The number of hydrogen-bond donors (Lipinski definition) is 0. The lowest BCUT2D eigenvalue weighted by molar-refractivity contribution is 0.414. The van der Waals surface area contributed by atoms with Crippen molar-refractivity contribution in [3.8, 4) is 11.5 Å². The molecule has 41 heavy (non-hydrogen) atoms. The number of halogens is 2. The van der Waals surface area contributed by atoms with Gasteiger partial charge in [-0.15, -0.1) is 11.8 Å². The van der Waals surface area contributed by atoms with Gasteiger partial charge in [0.05, 0.1) is 24.7 Å². The van der Waals surface area contributed by atoms with Gasteiger partial charge in [-0.1, -0.05) is 96.0 Å². The molecule has 0 saturated heterocycles. The smallest absolute Gasteiger partial charge is 0.120 e. The Balaban J connectivity index is 1.81. The van der Waals surface area contributed by atoms with Crippen LogP contribution in [0.5, 0.6) is 11.5 Å². The second kappa shape index (κ2) is 14.2. The van der Waals surface area contributed by atoms with Crippen molar-refractivity contribution in [2.75, 3.05) is 14.2 Å². The van der Waals surface area contributed by atoms with Crippen LogP contribution in [0.4, 0.5) is 0 Å². The Labute approximate surface area is 259 Å². The van der Waals surface area contributed by atoms with Crippen LogP contribution in [0.3, 0.4) is 0 Å². The molecule has 0 aromatic heterocycles. The molecule has 0 aliphatic rings. The quantitative estimate of drug-likeness (QED) is 0.180. The first-order valence-corrected chi connectivity index (χ1v) is 15.2. The number of ether oxygens (including phenoxy) is 2. The zero-order valence-corrected chi connectivity index (χ0v) is 26.7. The van der Waals surface area contributed by atoms with Gasteiger partial charge in [0.1, 0.15) is 11.5 Å². The fourth-order valence-electron chi connectivity index (χ4n) is 4.62. The summed E-state index contributed by atoms with van der Waals surface area (Å²) in [5, 5.41) is 1.18. The molecule has 0 saturated carbocycles. The normalized spacial score (nSPS) is 13.1. The van der Waals surface area contributed by atoms with Gasteiger partial charge in [0.25, 0.3) is 0 Å². The van der Waals surface area contributed by atoms with Crippen LogP contribution in [0, 0.1) is 27.7 Å². The van der Waals surface area contributed by atoms with Gasteiger partial charge >= 0.3 is 0 Å². The first-order chi connectivity index (χ1) is 19.7. The Kier molecular flexibility index (Phi) is 10.7. The van der Waals surface area contributed by atoms with Gasteiger partial charge in [0.2, 0.25) is 0 Å². The highest BCUT2D eigenvalue weighted by atomic mass is 35.5.